The summed E-state index contributed by atoms with van der Waals surface area (Å²) in [5, 5.41) is 3.17. The van der Waals surface area contributed by atoms with Crippen molar-refractivity contribution in [2.75, 3.05) is 0 Å². The molecule has 0 nitrogen and oxygen atoms in total. The van der Waals surface area contributed by atoms with Gasteiger partial charge >= 0.3 is 177 Å². The number of hydrogen-bond donors (Lipinski definition) is 0. The number of halogens is 2. The maximum atomic E-state index is 2.47. The molecule has 0 saturated carbocycles. The Balaban J connectivity index is 0.00000160. The molecule has 0 spiro atoms. The Morgan fingerprint density at radius 2 is 0.967 bits per heavy atom. The van der Waals surface area contributed by atoms with Crippen LogP contribution in [0.15, 0.2) is 103 Å². The first-order valence-corrected chi connectivity index (χ1v) is 15.6. The van der Waals surface area contributed by atoms with E-state index in [2.05, 4.69) is 101 Å². The second kappa shape index (κ2) is 11.0. The molecule has 0 bridgehead atoms. The smallest absolute Gasteiger partial charge is 1.00 e. The molecule has 30 heavy (non-hydrogen) atoms. The van der Waals surface area contributed by atoms with Gasteiger partial charge in [-0.05, 0) is 0 Å². The normalized spacial score (nSPS) is 15.0. The first-order chi connectivity index (χ1) is 13.6. The molecule has 0 aliphatic heterocycles. The maximum Gasteiger partial charge on any atom is -1.00 e. The minimum absolute atomic E-state index is 0. The molecule has 0 N–H and O–H groups in total. The zero-order valence-corrected chi connectivity index (χ0v) is 22.2. The zero-order chi connectivity index (χ0) is 19.7. The van der Waals surface area contributed by atoms with E-state index in [1.165, 1.54) is 24.0 Å². The standard InChI is InChI=1S/C12H10Si.2C7H9.2ClH.Ti/c1-3-7-11(8-4-1)13-12-9-5-2-6-10-12;2*1-6-4-3-5-7(6)2;;;/h1-10H;2*4H,3H2,1-2H3;2*1H;/q;;;;;+2/p-2. The van der Waals surface area contributed by atoms with Gasteiger partial charge in [-0.3, -0.25) is 0 Å². The number of hydrogen-bond acceptors (Lipinski definition) is 0. The van der Waals surface area contributed by atoms with Crippen LogP contribution in [-0.4, -0.2) is 6.19 Å². The molecular formula is C26H28Cl2SiTi. The van der Waals surface area contributed by atoms with Crippen LogP contribution in [0.4, 0.5) is 0 Å². The van der Waals surface area contributed by atoms with Crippen molar-refractivity contribution in [2.45, 2.75) is 40.5 Å². The van der Waals surface area contributed by atoms with Gasteiger partial charge in [0.15, 0.2) is 0 Å². The summed E-state index contributed by atoms with van der Waals surface area (Å²) in [4.78, 5) is 0. The third-order valence-electron chi connectivity index (χ3n) is 6.29. The predicted molar refractivity (Wildman–Crippen MR) is 120 cm³/mol. The van der Waals surface area contributed by atoms with Gasteiger partial charge in [0.2, 0.25) is 0 Å². The van der Waals surface area contributed by atoms with Crippen LogP contribution in [0.3, 0.4) is 0 Å². The average molecular weight is 487 g/mol. The second-order valence-corrected chi connectivity index (χ2v) is 17.2. The molecule has 2 aromatic carbocycles. The Labute approximate surface area is 200 Å². The minimum atomic E-state index is -1.71. The Hall–Kier alpha value is -1.09. The molecule has 0 aromatic heterocycles. The Morgan fingerprint density at radius 1 is 0.600 bits per heavy atom. The van der Waals surface area contributed by atoms with Crippen LogP contribution < -0.4 is 35.2 Å². The monoisotopic (exact) mass is 486 g/mol. The summed E-state index contributed by atoms with van der Waals surface area (Å²) in [6, 6.07) is 22.8. The first kappa shape index (κ1) is 25.2. The van der Waals surface area contributed by atoms with Crippen LogP contribution in [-0.2, 0) is 16.6 Å². The Morgan fingerprint density at radius 3 is 1.27 bits per heavy atom. The molecule has 0 atom stereocenters. The molecular weight excluding hydrogens is 459 g/mol. The number of rotatable bonds is 4. The SMILES string of the molecule is CC1=CC[C]([Ti+2]([C]2=C(C)C(C)=CC2)=[Si](c2ccccc2)c2ccccc2)=C1C.[Cl-].[Cl-]. The van der Waals surface area contributed by atoms with Gasteiger partial charge in [0.05, 0.1) is 0 Å². The van der Waals surface area contributed by atoms with Crippen molar-refractivity contribution in [1.82, 2.24) is 0 Å². The fourth-order valence-electron chi connectivity index (χ4n) is 4.33. The number of benzene rings is 2. The maximum absolute atomic E-state index is 2.47. The van der Waals surface area contributed by atoms with Gasteiger partial charge in [-0.1, -0.05) is 0 Å². The van der Waals surface area contributed by atoms with E-state index in [0.717, 1.165) is 0 Å². The van der Waals surface area contributed by atoms with Crippen molar-refractivity contribution in [2.24, 2.45) is 0 Å². The topological polar surface area (TPSA) is 0 Å². The molecule has 0 amide bonds. The van der Waals surface area contributed by atoms with Crippen LogP contribution in [0.5, 0.6) is 0 Å². The van der Waals surface area contributed by atoms with Crippen LogP contribution in [0, 0.1) is 0 Å². The van der Waals surface area contributed by atoms with Crippen molar-refractivity contribution in [3.8, 4) is 0 Å². The van der Waals surface area contributed by atoms with Gasteiger partial charge in [0, 0.05) is 0 Å². The molecule has 4 rings (SSSR count). The molecule has 2 aliphatic carbocycles. The largest absolute Gasteiger partial charge is 1.00 e. The van der Waals surface area contributed by atoms with Crippen molar-refractivity contribution in [3.05, 3.63) is 103 Å². The van der Waals surface area contributed by atoms with Crippen molar-refractivity contribution < 1.29 is 41.4 Å². The third-order valence-corrected chi connectivity index (χ3v) is 19.8. The third kappa shape index (κ3) is 4.87. The quantitative estimate of drug-likeness (QED) is 0.519. The molecule has 0 fully saturated rings. The van der Waals surface area contributed by atoms with Gasteiger partial charge < -0.3 is 24.8 Å². The van der Waals surface area contributed by atoms with Crippen LogP contribution in [0.2, 0.25) is 0 Å². The molecule has 0 saturated heterocycles. The van der Waals surface area contributed by atoms with E-state index in [0.29, 0.717) is 0 Å². The Bertz CT molecular complexity index is 989. The van der Waals surface area contributed by atoms with E-state index >= 15 is 0 Å². The second-order valence-electron chi connectivity index (χ2n) is 7.87. The van der Waals surface area contributed by atoms with Crippen LogP contribution in [0.25, 0.3) is 0 Å². The summed E-state index contributed by atoms with van der Waals surface area (Å²) < 4.78 is 3.63. The molecule has 0 unspecified atom stereocenters. The predicted octanol–water partition coefficient (Wildman–Crippen LogP) is -0.333. The van der Waals surface area contributed by atoms with Crippen LogP contribution >= 0.6 is 0 Å². The summed E-state index contributed by atoms with van der Waals surface area (Å²) >= 11 is -1.71. The average Bonchev–Trinajstić information content (AvgIpc) is 3.23. The van der Waals surface area contributed by atoms with Gasteiger partial charge in [-0.2, -0.15) is 0 Å². The summed E-state index contributed by atoms with van der Waals surface area (Å²) in [7, 11) is 0. The van der Waals surface area contributed by atoms with Crippen LogP contribution in [0.1, 0.15) is 40.5 Å². The summed E-state index contributed by atoms with van der Waals surface area (Å²) in [5.41, 5.74) is 6.19. The van der Waals surface area contributed by atoms with Gasteiger partial charge in [0.1, 0.15) is 0 Å². The zero-order valence-electron chi connectivity index (χ0n) is 18.1. The number of allylic oxidation sites excluding steroid dienone is 8. The van der Waals surface area contributed by atoms with Crippen molar-refractivity contribution in [1.29, 1.82) is 0 Å². The molecule has 0 heterocycles. The van der Waals surface area contributed by atoms with E-state index in [9.17, 15) is 0 Å². The summed E-state index contributed by atoms with van der Waals surface area (Å²) in [6.45, 7) is 9.35. The minimum Gasteiger partial charge on any atom is -1.00 e. The molecule has 2 aliphatic rings. The van der Waals surface area contributed by atoms with Crippen molar-refractivity contribution in [3.63, 3.8) is 0 Å². The molecule has 154 valence electrons. The van der Waals surface area contributed by atoms with E-state index in [-0.39, 0.29) is 24.8 Å². The molecule has 0 radical (unpaired) electrons. The fourth-order valence-corrected chi connectivity index (χ4v) is 19.7. The molecule has 2 aromatic rings. The summed E-state index contributed by atoms with van der Waals surface area (Å²) in [6.07, 6.45) is 6.46. The van der Waals surface area contributed by atoms with Gasteiger partial charge in [-0.25, -0.2) is 0 Å². The van der Waals surface area contributed by atoms with Gasteiger partial charge in [-0.15, -0.1) is 0 Å². The van der Waals surface area contributed by atoms with E-state index in [4.69, 9.17) is 0 Å². The molecule has 4 heteroatoms. The fraction of sp³-hybridized carbons (Fsp3) is 0.231. The first-order valence-electron chi connectivity index (χ1n) is 10.2. The van der Waals surface area contributed by atoms with Crippen molar-refractivity contribution >= 4 is 16.6 Å². The van der Waals surface area contributed by atoms with E-state index in [1.54, 1.807) is 21.5 Å². The Kier molecular flexibility index (Phi) is 9.21. The van der Waals surface area contributed by atoms with E-state index in [1.807, 2.05) is 7.76 Å². The summed E-state index contributed by atoms with van der Waals surface area (Å²) in [5.74, 6) is 0. The van der Waals surface area contributed by atoms with Gasteiger partial charge in [0.25, 0.3) is 0 Å². The van der Waals surface area contributed by atoms with E-state index < -0.39 is 22.8 Å².